The molecule has 0 bridgehead atoms. The summed E-state index contributed by atoms with van der Waals surface area (Å²) >= 11 is 0. The van der Waals surface area contributed by atoms with Gasteiger partial charge in [0.25, 0.3) is 10.2 Å². The molecular weight excluding hydrogens is 396 g/mol. The van der Waals surface area contributed by atoms with Crippen molar-refractivity contribution in [3.63, 3.8) is 0 Å². The predicted octanol–water partition coefficient (Wildman–Crippen LogP) is 4.24. The Hall–Kier alpha value is -1.68. The van der Waals surface area contributed by atoms with E-state index in [2.05, 4.69) is 16.6 Å². The third-order valence-corrected chi connectivity index (χ3v) is 6.56. The molecule has 1 aliphatic rings. The normalized spacial score (nSPS) is 23.5. The first kappa shape index (κ1) is 26.4. The fourth-order valence-electron chi connectivity index (χ4n) is 4.52. The van der Waals surface area contributed by atoms with E-state index in [0.29, 0.717) is 25.7 Å². The largest absolute Gasteiger partial charge is 0.385 e. The standard InChI is InChI=1S/C20H38N2O8/c1-5-8-9-10-11-12-20(23,15-28-21(24)25)18-14-19(6-2,7-3)17(29-18)13-16(4)30-22(26)27/h16-18,23H,5-15H2,1-4H3. The minimum Gasteiger partial charge on any atom is -0.385 e. The lowest BCUT2D eigenvalue weighted by Gasteiger charge is -2.33. The van der Waals surface area contributed by atoms with Crippen LogP contribution in [0.1, 0.15) is 91.9 Å². The van der Waals surface area contributed by atoms with Crippen LogP contribution in [-0.4, -0.2) is 45.8 Å². The molecule has 30 heavy (non-hydrogen) atoms. The zero-order valence-corrected chi connectivity index (χ0v) is 18.7. The highest BCUT2D eigenvalue weighted by atomic mass is 17.0. The lowest BCUT2D eigenvalue weighted by atomic mass is 9.71. The third kappa shape index (κ3) is 7.54. The van der Waals surface area contributed by atoms with Gasteiger partial charge >= 0.3 is 0 Å². The van der Waals surface area contributed by atoms with Crippen molar-refractivity contribution >= 4 is 0 Å². The van der Waals surface area contributed by atoms with E-state index in [9.17, 15) is 25.3 Å². The predicted molar refractivity (Wildman–Crippen MR) is 110 cm³/mol. The van der Waals surface area contributed by atoms with Crippen LogP contribution < -0.4 is 0 Å². The molecule has 1 aliphatic heterocycles. The Kier molecular flexibility index (Phi) is 10.8. The van der Waals surface area contributed by atoms with Crippen molar-refractivity contribution in [3.8, 4) is 0 Å². The van der Waals surface area contributed by atoms with Gasteiger partial charge in [0.1, 0.15) is 18.3 Å². The van der Waals surface area contributed by atoms with Gasteiger partial charge in [-0.1, -0.05) is 52.9 Å². The molecule has 0 spiro atoms. The fraction of sp³-hybridized carbons (Fsp3) is 1.00. The number of hydrogen-bond donors (Lipinski definition) is 1. The molecule has 10 heteroatoms. The van der Waals surface area contributed by atoms with E-state index in [1.54, 1.807) is 6.92 Å². The Morgan fingerprint density at radius 3 is 2.30 bits per heavy atom. The molecule has 1 saturated heterocycles. The molecule has 0 aromatic rings. The molecule has 0 aromatic heterocycles. The van der Waals surface area contributed by atoms with Gasteiger partial charge in [-0.3, -0.25) is 0 Å². The first-order chi connectivity index (χ1) is 14.1. The molecule has 10 nitrogen and oxygen atoms in total. The van der Waals surface area contributed by atoms with E-state index < -0.39 is 34.6 Å². The third-order valence-electron chi connectivity index (χ3n) is 6.56. The molecule has 4 atom stereocenters. The van der Waals surface area contributed by atoms with E-state index in [1.807, 2.05) is 13.8 Å². The summed E-state index contributed by atoms with van der Waals surface area (Å²) in [4.78, 5) is 30.7. The molecule has 0 aromatic carbocycles. The minimum atomic E-state index is -1.49. The van der Waals surface area contributed by atoms with Crippen molar-refractivity contribution in [2.75, 3.05) is 6.61 Å². The van der Waals surface area contributed by atoms with E-state index in [-0.39, 0.29) is 11.5 Å². The summed E-state index contributed by atoms with van der Waals surface area (Å²) in [6.07, 6.45) is 5.93. The van der Waals surface area contributed by atoms with Crippen LogP contribution in [0.5, 0.6) is 0 Å². The van der Waals surface area contributed by atoms with Crippen LogP contribution >= 0.6 is 0 Å². The highest BCUT2D eigenvalue weighted by molar-refractivity contribution is 5.01. The number of aliphatic hydroxyl groups is 1. The molecule has 0 aliphatic carbocycles. The molecule has 0 saturated carbocycles. The van der Waals surface area contributed by atoms with Crippen molar-refractivity contribution in [2.24, 2.45) is 5.41 Å². The van der Waals surface area contributed by atoms with Crippen molar-refractivity contribution in [3.05, 3.63) is 20.2 Å². The number of ether oxygens (including phenoxy) is 1. The smallest absolute Gasteiger partial charge is 0.294 e. The summed E-state index contributed by atoms with van der Waals surface area (Å²) in [5, 5.41) is 31.1. The fourth-order valence-corrected chi connectivity index (χ4v) is 4.52. The molecule has 1 heterocycles. The van der Waals surface area contributed by atoms with E-state index in [0.717, 1.165) is 38.5 Å². The number of hydrogen-bond acceptors (Lipinski definition) is 8. The molecule has 0 radical (unpaired) electrons. The summed E-state index contributed by atoms with van der Waals surface area (Å²) in [5.74, 6) is 0. The second-order valence-electron chi connectivity index (χ2n) is 8.53. The maximum atomic E-state index is 11.3. The number of nitrogens with zero attached hydrogens (tertiary/aromatic N) is 2. The molecule has 1 N–H and O–H groups in total. The maximum absolute atomic E-state index is 11.3. The van der Waals surface area contributed by atoms with Crippen LogP contribution in [0.4, 0.5) is 0 Å². The number of unbranched alkanes of at least 4 members (excludes halogenated alkanes) is 4. The van der Waals surface area contributed by atoms with Crippen LogP contribution in [-0.2, 0) is 14.4 Å². The van der Waals surface area contributed by atoms with Crippen LogP contribution in [0.3, 0.4) is 0 Å². The molecule has 1 rings (SSSR count). The SMILES string of the molecule is CCCCCCCC(O)(CO[N+](=O)[O-])C1CC(CC)(CC)C(CC(C)O[N+](=O)[O-])O1. The highest BCUT2D eigenvalue weighted by Gasteiger charge is 2.53. The van der Waals surface area contributed by atoms with Crippen molar-refractivity contribution in [1.82, 2.24) is 0 Å². The van der Waals surface area contributed by atoms with Crippen LogP contribution in [0.25, 0.3) is 0 Å². The van der Waals surface area contributed by atoms with Gasteiger partial charge in [-0.05, 0) is 38.0 Å². The monoisotopic (exact) mass is 434 g/mol. The summed E-state index contributed by atoms with van der Waals surface area (Å²) < 4.78 is 6.23. The van der Waals surface area contributed by atoms with Crippen molar-refractivity contribution in [1.29, 1.82) is 0 Å². The summed E-state index contributed by atoms with van der Waals surface area (Å²) in [6.45, 7) is 7.34. The second-order valence-corrected chi connectivity index (χ2v) is 8.53. The molecule has 176 valence electrons. The Morgan fingerprint density at radius 1 is 1.13 bits per heavy atom. The summed E-state index contributed by atoms with van der Waals surface area (Å²) in [7, 11) is 0. The van der Waals surface area contributed by atoms with Gasteiger partial charge in [-0.15, -0.1) is 20.2 Å². The molecule has 0 amide bonds. The Bertz CT molecular complexity index is 543. The van der Waals surface area contributed by atoms with Gasteiger partial charge in [-0.25, -0.2) is 0 Å². The highest BCUT2D eigenvalue weighted by Crippen LogP contribution is 2.49. The number of rotatable bonds is 16. The van der Waals surface area contributed by atoms with Gasteiger partial charge in [0.15, 0.2) is 0 Å². The first-order valence-electron chi connectivity index (χ1n) is 11.1. The summed E-state index contributed by atoms with van der Waals surface area (Å²) in [5.41, 5.74) is -1.78. The maximum Gasteiger partial charge on any atom is 0.294 e. The van der Waals surface area contributed by atoms with E-state index in [1.165, 1.54) is 0 Å². The molecule has 4 unspecified atom stereocenters. The zero-order valence-electron chi connectivity index (χ0n) is 18.7. The van der Waals surface area contributed by atoms with Crippen LogP contribution in [0.2, 0.25) is 0 Å². The van der Waals surface area contributed by atoms with Gasteiger partial charge in [0, 0.05) is 6.42 Å². The van der Waals surface area contributed by atoms with Crippen molar-refractivity contribution in [2.45, 2.75) is 116 Å². The Balaban J connectivity index is 2.96. The van der Waals surface area contributed by atoms with Gasteiger partial charge in [0.05, 0.1) is 12.2 Å². The molecular formula is C20H38N2O8. The van der Waals surface area contributed by atoms with Crippen LogP contribution in [0, 0.1) is 25.6 Å². The van der Waals surface area contributed by atoms with E-state index >= 15 is 0 Å². The Morgan fingerprint density at radius 2 is 1.77 bits per heavy atom. The van der Waals surface area contributed by atoms with Gasteiger partial charge < -0.3 is 19.5 Å². The van der Waals surface area contributed by atoms with Gasteiger partial charge in [-0.2, -0.15) is 0 Å². The zero-order chi connectivity index (χ0) is 22.8. The summed E-state index contributed by atoms with van der Waals surface area (Å²) in [6, 6.07) is 0. The second kappa shape index (κ2) is 12.2. The average Bonchev–Trinajstić information content (AvgIpc) is 3.05. The van der Waals surface area contributed by atoms with E-state index in [4.69, 9.17) is 4.74 Å². The van der Waals surface area contributed by atoms with Crippen LogP contribution in [0.15, 0.2) is 0 Å². The minimum absolute atomic E-state index is 0.288. The molecule has 1 fully saturated rings. The topological polar surface area (TPSA) is 134 Å². The quantitative estimate of drug-likeness (QED) is 0.216. The van der Waals surface area contributed by atoms with Gasteiger partial charge in [0.2, 0.25) is 0 Å². The average molecular weight is 435 g/mol. The lowest BCUT2D eigenvalue weighted by Crippen LogP contribution is -2.47. The van der Waals surface area contributed by atoms with Crippen molar-refractivity contribution < 1.29 is 29.7 Å². The first-order valence-corrected chi connectivity index (χ1v) is 11.1. The lowest BCUT2D eigenvalue weighted by molar-refractivity contribution is -0.768. The Labute approximate surface area is 178 Å².